The van der Waals surface area contributed by atoms with E-state index >= 15 is 0 Å². The van der Waals surface area contributed by atoms with Crippen molar-refractivity contribution < 1.29 is 19.1 Å². The molecule has 1 aliphatic heterocycles. The van der Waals surface area contributed by atoms with Gasteiger partial charge in [-0.2, -0.15) is 0 Å². The summed E-state index contributed by atoms with van der Waals surface area (Å²) in [5, 5.41) is 2.96. The van der Waals surface area contributed by atoms with Crippen LogP contribution in [0.3, 0.4) is 0 Å². The van der Waals surface area contributed by atoms with Gasteiger partial charge >= 0.3 is 5.97 Å². The molecule has 0 N–H and O–H groups in total. The molecular formula is C25H32N2O4S. The first kappa shape index (κ1) is 22.8. The number of aryl methyl sites for hydroxylation is 1. The Kier molecular flexibility index (Phi) is 6.30. The zero-order chi connectivity index (χ0) is 23.0. The molecule has 0 radical (unpaired) electrons. The Bertz CT molecular complexity index is 1000. The average molecular weight is 457 g/mol. The third-order valence-electron chi connectivity index (χ3n) is 6.57. The standard InChI is InChI=1S/C25H32N2O4S/c1-15-24(29)27(13-23(28)31-19-9-7-18(8-10-19)25(3,4)5)21-12-17(6-11-22(21)30-15)20-14-32-16(2)26-20/h6,11-12,14-15,18-19H,7-10,13H2,1-5H3. The van der Waals surface area contributed by atoms with Gasteiger partial charge in [-0.1, -0.05) is 20.8 Å². The van der Waals surface area contributed by atoms with Gasteiger partial charge in [0.25, 0.3) is 5.91 Å². The summed E-state index contributed by atoms with van der Waals surface area (Å²) in [4.78, 5) is 31.7. The number of carbonyl (C=O) groups is 2. The molecule has 4 rings (SSSR count). The maximum atomic E-state index is 12.9. The molecule has 2 aromatic rings. The molecule has 1 amide bonds. The van der Waals surface area contributed by atoms with Gasteiger partial charge in [-0.15, -0.1) is 11.3 Å². The Morgan fingerprint density at radius 2 is 1.97 bits per heavy atom. The summed E-state index contributed by atoms with van der Waals surface area (Å²) in [5.41, 5.74) is 2.60. The summed E-state index contributed by atoms with van der Waals surface area (Å²) < 4.78 is 11.6. The third kappa shape index (κ3) is 4.82. The van der Waals surface area contributed by atoms with Gasteiger partial charge in [0.2, 0.25) is 0 Å². The van der Waals surface area contributed by atoms with Gasteiger partial charge in [-0.25, -0.2) is 4.98 Å². The molecule has 2 heterocycles. The number of hydrogen-bond donors (Lipinski definition) is 0. The van der Waals surface area contributed by atoms with Crippen molar-refractivity contribution in [3.63, 3.8) is 0 Å². The van der Waals surface area contributed by atoms with Crippen molar-refractivity contribution in [2.75, 3.05) is 11.4 Å². The van der Waals surface area contributed by atoms with Crippen LogP contribution in [0.2, 0.25) is 0 Å². The Hall–Kier alpha value is -2.41. The lowest BCUT2D eigenvalue weighted by molar-refractivity contribution is -0.150. The number of thiazole rings is 1. The summed E-state index contributed by atoms with van der Waals surface area (Å²) in [5.74, 6) is 0.634. The van der Waals surface area contributed by atoms with Gasteiger partial charge in [0.1, 0.15) is 18.4 Å². The van der Waals surface area contributed by atoms with E-state index in [0.29, 0.717) is 17.4 Å². The normalized spacial score (nSPS) is 23.5. The van der Waals surface area contributed by atoms with Crippen molar-refractivity contribution >= 4 is 28.9 Å². The number of benzene rings is 1. The second-order valence-electron chi connectivity index (χ2n) is 9.95. The molecular weight excluding hydrogens is 424 g/mol. The molecule has 1 aliphatic carbocycles. The number of esters is 1. The predicted molar refractivity (Wildman–Crippen MR) is 126 cm³/mol. The summed E-state index contributed by atoms with van der Waals surface area (Å²) >= 11 is 1.57. The quantitative estimate of drug-likeness (QED) is 0.578. The molecule has 0 bridgehead atoms. The van der Waals surface area contributed by atoms with Gasteiger partial charge < -0.3 is 9.47 Å². The third-order valence-corrected chi connectivity index (χ3v) is 7.34. The zero-order valence-corrected chi connectivity index (χ0v) is 20.3. The lowest BCUT2D eigenvalue weighted by Gasteiger charge is -2.37. The number of ether oxygens (including phenoxy) is 2. The smallest absolute Gasteiger partial charge is 0.326 e. The summed E-state index contributed by atoms with van der Waals surface area (Å²) in [7, 11) is 0. The van der Waals surface area contributed by atoms with E-state index in [-0.39, 0.29) is 29.9 Å². The molecule has 7 heteroatoms. The van der Waals surface area contributed by atoms with Crippen molar-refractivity contribution in [3.8, 4) is 17.0 Å². The minimum Gasteiger partial charge on any atom is -0.479 e. The highest BCUT2D eigenvalue weighted by molar-refractivity contribution is 7.09. The van der Waals surface area contributed by atoms with Gasteiger partial charge in [-0.3, -0.25) is 14.5 Å². The SMILES string of the molecule is Cc1nc(-c2ccc3c(c2)N(CC(=O)OC2CCC(C(C)(C)C)CC2)C(=O)C(C)O3)cs1. The van der Waals surface area contributed by atoms with E-state index in [1.807, 2.05) is 30.5 Å². The van der Waals surface area contributed by atoms with Gasteiger partial charge in [-0.05, 0) is 69.1 Å². The molecule has 1 aromatic heterocycles. The fourth-order valence-electron chi connectivity index (χ4n) is 4.62. The van der Waals surface area contributed by atoms with Crippen LogP contribution in [0.4, 0.5) is 5.69 Å². The molecule has 0 saturated heterocycles. The lowest BCUT2D eigenvalue weighted by Crippen LogP contribution is -2.47. The summed E-state index contributed by atoms with van der Waals surface area (Å²) in [6.07, 6.45) is 3.17. The Morgan fingerprint density at radius 1 is 1.25 bits per heavy atom. The fourth-order valence-corrected chi connectivity index (χ4v) is 5.25. The van der Waals surface area contributed by atoms with Crippen LogP contribution < -0.4 is 9.64 Å². The monoisotopic (exact) mass is 456 g/mol. The van der Waals surface area contributed by atoms with E-state index in [2.05, 4.69) is 25.8 Å². The number of hydrogen-bond acceptors (Lipinski definition) is 6. The number of anilines is 1. The first-order chi connectivity index (χ1) is 15.1. The van der Waals surface area contributed by atoms with Crippen molar-refractivity contribution in [1.82, 2.24) is 4.98 Å². The maximum Gasteiger partial charge on any atom is 0.326 e. The molecule has 1 atom stereocenters. The Labute approximate surface area is 193 Å². The van der Waals surface area contributed by atoms with Crippen molar-refractivity contribution in [1.29, 1.82) is 0 Å². The zero-order valence-electron chi connectivity index (χ0n) is 19.5. The van der Waals surface area contributed by atoms with Crippen LogP contribution in [0.1, 0.15) is 58.4 Å². The molecule has 2 aliphatic rings. The minimum atomic E-state index is -0.648. The number of fused-ring (bicyclic) bond motifs is 1. The second-order valence-corrected chi connectivity index (χ2v) is 11.0. The van der Waals surface area contributed by atoms with Gasteiger partial charge in [0, 0.05) is 10.9 Å². The van der Waals surface area contributed by atoms with Crippen LogP contribution in [0, 0.1) is 18.3 Å². The number of aromatic nitrogens is 1. The molecule has 1 saturated carbocycles. The Balaban J connectivity index is 1.47. The van der Waals surface area contributed by atoms with Crippen LogP contribution in [-0.2, 0) is 14.3 Å². The average Bonchev–Trinajstić information content (AvgIpc) is 3.17. The Morgan fingerprint density at radius 3 is 2.59 bits per heavy atom. The highest BCUT2D eigenvalue weighted by atomic mass is 32.1. The number of amides is 1. The lowest BCUT2D eigenvalue weighted by atomic mass is 9.72. The van der Waals surface area contributed by atoms with Crippen molar-refractivity contribution in [2.24, 2.45) is 11.3 Å². The molecule has 0 spiro atoms. The first-order valence-electron chi connectivity index (χ1n) is 11.4. The summed E-state index contributed by atoms with van der Waals surface area (Å²) in [6.45, 7) is 10.4. The molecule has 1 fully saturated rings. The predicted octanol–water partition coefficient (Wildman–Crippen LogP) is 5.38. The largest absolute Gasteiger partial charge is 0.479 e. The van der Waals surface area contributed by atoms with Gasteiger partial charge in [0.05, 0.1) is 16.4 Å². The van der Waals surface area contributed by atoms with Crippen LogP contribution in [0.25, 0.3) is 11.3 Å². The number of carbonyl (C=O) groups excluding carboxylic acids is 2. The second kappa shape index (κ2) is 8.85. The van der Waals surface area contributed by atoms with E-state index < -0.39 is 6.10 Å². The van der Waals surface area contributed by atoms with E-state index in [1.165, 1.54) is 4.90 Å². The highest BCUT2D eigenvalue weighted by Crippen LogP contribution is 2.39. The number of nitrogens with zero attached hydrogens (tertiary/aromatic N) is 2. The molecule has 32 heavy (non-hydrogen) atoms. The minimum absolute atomic E-state index is 0.0709. The summed E-state index contributed by atoms with van der Waals surface area (Å²) in [6, 6.07) is 5.64. The molecule has 6 nitrogen and oxygen atoms in total. The fraction of sp³-hybridized carbons (Fsp3) is 0.560. The maximum absolute atomic E-state index is 12.9. The van der Waals surface area contributed by atoms with Crippen molar-refractivity contribution in [3.05, 3.63) is 28.6 Å². The van der Waals surface area contributed by atoms with Crippen LogP contribution in [0.15, 0.2) is 23.6 Å². The number of rotatable bonds is 4. The first-order valence-corrected chi connectivity index (χ1v) is 12.2. The van der Waals surface area contributed by atoms with E-state index in [1.54, 1.807) is 18.3 Å². The molecule has 1 aromatic carbocycles. The van der Waals surface area contributed by atoms with Crippen LogP contribution in [-0.4, -0.2) is 35.6 Å². The highest BCUT2D eigenvalue weighted by Gasteiger charge is 2.35. The van der Waals surface area contributed by atoms with Crippen LogP contribution >= 0.6 is 11.3 Å². The van der Waals surface area contributed by atoms with E-state index in [0.717, 1.165) is 41.9 Å². The molecule has 1 unspecified atom stereocenters. The van der Waals surface area contributed by atoms with Crippen molar-refractivity contribution in [2.45, 2.75) is 72.5 Å². The topological polar surface area (TPSA) is 68.7 Å². The van der Waals surface area contributed by atoms with E-state index in [4.69, 9.17) is 9.47 Å². The molecule has 172 valence electrons. The van der Waals surface area contributed by atoms with E-state index in [9.17, 15) is 9.59 Å². The van der Waals surface area contributed by atoms with Gasteiger partial charge in [0.15, 0.2) is 6.10 Å². The van der Waals surface area contributed by atoms with Crippen LogP contribution in [0.5, 0.6) is 5.75 Å².